The van der Waals surface area contributed by atoms with Crippen molar-refractivity contribution in [3.05, 3.63) is 66.0 Å². The Balaban J connectivity index is 1.52. The standard InChI is InChI=1S/C17H13N5OS/c1-11-2-4-12(5-3-11)15(23)19-14-8-6-13(7-9-14)16-21-22-10-18-20-17(22)24-16/h2-10H,1H3,(H,19,23). The number of aromatic nitrogens is 4. The minimum Gasteiger partial charge on any atom is -0.322 e. The van der Waals surface area contributed by atoms with Gasteiger partial charge in [0, 0.05) is 16.8 Å². The van der Waals surface area contributed by atoms with Crippen LogP contribution in [-0.2, 0) is 0 Å². The summed E-state index contributed by atoms with van der Waals surface area (Å²) in [6.45, 7) is 1.99. The summed E-state index contributed by atoms with van der Waals surface area (Å²) in [6, 6.07) is 15.1. The number of nitrogens with one attached hydrogen (secondary N) is 1. The van der Waals surface area contributed by atoms with Gasteiger partial charge in [-0.3, -0.25) is 4.79 Å². The molecule has 118 valence electrons. The maximum atomic E-state index is 12.2. The van der Waals surface area contributed by atoms with Gasteiger partial charge in [0.1, 0.15) is 11.3 Å². The summed E-state index contributed by atoms with van der Waals surface area (Å²) in [5.74, 6) is -0.124. The van der Waals surface area contributed by atoms with E-state index in [-0.39, 0.29) is 5.91 Å². The third-order valence-electron chi connectivity index (χ3n) is 3.59. The van der Waals surface area contributed by atoms with Crippen LogP contribution in [0.3, 0.4) is 0 Å². The highest BCUT2D eigenvalue weighted by Gasteiger charge is 2.09. The Hall–Kier alpha value is -3.06. The van der Waals surface area contributed by atoms with E-state index >= 15 is 0 Å². The van der Waals surface area contributed by atoms with E-state index in [1.807, 2.05) is 55.5 Å². The zero-order valence-corrected chi connectivity index (χ0v) is 13.6. The Morgan fingerprint density at radius 1 is 1.08 bits per heavy atom. The number of fused-ring (bicyclic) bond motifs is 1. The Morgan fingerprint density at radius 3 is 2.54 bits per heavy atom. The summed E-state index contributed by atoms with van der Waals surface area (Å²) in [7, 11) is 0. The summed E-state index contributed by atoms with van der Waals surface area (Å²) >= 11 is 1.47. The summed E-state index contributed by atoms with van der Waals surface area (Å²) in [4.78, 5) is 13.0. The van der Waals surface area contributed by atoms with Crippen LogP contribution in [0.1, 0.15) is 15.9 Å². The first kappa shape index (κ1) is 14.5. The minimum atomic E-state index is -0.124. The van der Waals surface area contributed by atoms with Gasteiger partial charge >= 0.3 is 0 Å². The van der Waals surface area contributed by atoms with Crippen molar-refractivity contribution < 1.29 is 4.79 Å². The molecule has 0 radical (unpaired) electrons. The fraction of sp³-hybridized carbons (Fsp3) is 0.0588. The molecule has 4 aromatic rings. The highest BCUT2D eigenvalue weighted by atomic mass is 32.1. The monoisotopic (exact) mass is 335 g/mol. The summed E-state index contributed by atoms with van der Waals surface area (Å²) in [6.07, 6.45) is 1.57. The molecule has 0 fully saturated rings. The fourth-order valence-corrected chi connectivity index (χ4v) is 3.11. The predicted molar refractivity (Wildman–Crippen MR) is 93.2 cm³/mol. The molecule has 0 bridgehead atoms. The molecular formula is C17H13N5OS. The van der Waals surface area contributed by atoms with Gasteiger partial charge in [0.05, 0.1) is 0 Å². The van der Waals surface area contributed by atoms with Crippen molar-refractivity contribution in [2.75, 3.05) is 5.32 Å². The molecule has 0 aliphatic carbocycles. The van der Waals surface area contributed by atoms with Crippen molar-refractivity contribution in [2.45, 2.75) is 6.92 Å². The quantitative estimate of drug-likeness (QED) is 0.623. The van der Waals surface area contributed by atoms with Crippen LogP contribution in [0.15, 0.2) is 54.9 Å². The van der Waals surface area contributed by atoms with E-state index in [2.05, 4.69) is 20.6 Å². The maximum Gasteiger partial charge on any atom is 0.255 e. The molecule has 6 nitrogen and oxygen atoms in total. The molecule has 1 amide bonds. The van der Waals surface area contributed by atoms with Crippen LogP contribution in [0, 0.1) is 6.92 Å². The van der Waals surface area contributed by atoms with Crippen LogP contribution in [0.2, 0.25) is 0 Å². The zero-order valence-electron chi connectivity index (χ0n) is 12.8. The SMILES string of the molecule is Cc1ccc(C(=O)Nc2ccc(-c3nn4cnnc4s3)cc2)cc1. The van der Waals surface area contributed by atoms with Crippen LogP contribution in [0.25, 0.3) is 15.5 Å². The number of anilines is 1. The van der Waals surface area contributed by atoms with Crippen LogP contribution in [-0.4, -0.2) is 25.7 Å². The van der Waals surface area contributed by atoms with Gasteiger partial charge < -0.3 is 5.32 Å². The average Bonchev–Trinajstić information content (AvgIpc) is 3.18. The number of amides is 1. The molecule has 0 unspecified atom stereocenters. The van der Waals surface area contributed by atoms with Crippen molar-refractivity contribution >= 4 is 27.9 Å². The molecule has 0 spiro atoms. The number of carbonyl (C=O) groups excluding carboxylic acids is 1. The van der Waals surface area contributed by atoms with Crippen molar-refractivity contribution in [2.24, 2.45) is 0 Å². The number of hydrogen-bond donors (Lipinski definition) is 1. The average molecular weight is 335 g/mol. The first-order valence-electron chi connectivity index (χ1n) is 7.34. The maximum absolute atomic E-state index is 12.2. The molecule has 2 aromatic heterocycles. The number of aryl methyl sites for hydroxylation is 1. The van der Waals surface area contributed by atoms with E-state index in [0.29, 0.717) is 5.56 Å². The zero-order chi connectivity index (χ0) is 16.5. The molecular weight excluding hydrogens is 322 g/mol. The lowest BCUT2D eigenvalue weighted by Gasteiger charge is -2.06. The second-order valence-corrected chi connectivity index (χ2v) is 6.32. The van der Waals surface area contributed by atoms with Gasteiger partial charge in [-0.25, -0.2) is 0 Å². The van der Waals surface area contributed by atoms with Gasteiger partial charge in [-0.05, 0) is 43.3 Å². The first-order chi connectivity index (χ1) is 11.7. The lowest BCUT2D eigenvalue weighted by Crippen LogP contribution is -2.11. The highest BCUT2D eigenvalue weighted by molar-refractivity contribution is 7.19. The molecule has 0 saturated carbocycles. The van der Waals surface area contributed by atoms with Gasteiger partial charge in [0.2, 0.25) is 4.96 Å². The van der Waals surface area contributed by atoms with E-state index in [9.17, 15) is 4.79 Å². The first-order valence-corrected chi connectivity index (χ1v) is 8.16. The molecule has 1 N–H and O–H groups in total. The molecule has 0 saturated heterocycles. The largest absolute Gasteiger partial charge is 0.322 e. The number of benzene rings is 2. The van der Waals surface area contributed by atoms with Crippen LogP contribution < -0.4 is 5.32 Å². The van der Waals surface area contributed by atoms with Gasteiger partial charge in [-0.2, -0.15) is 9.61 Å². The van der Waals surface area contributed by atoms with Crippen molar-refractivity contribution in [1.82, 2.24) is 19.8 Å². The van der Waals surface area contributed by atoms with E-state index in [4.69, 9.17) is 0 Å². The smallest absolute Gasteiger partial charge is 0.255 e. The van der Waals surface area contributed by atoms with E-state index in [0.717, 1.165) is 26.8 Å². The van der Waals surface area contributed by atoms with Gasteiger partial charge in [0.15, 0.2) is 0 Å². The summed E-state index contributed by atoms with van der Waals surface area (Å²) in [5, 5.41) is 15.9. The third kappa shape index (κ3) is 2.77. The summed E-state index contributed by atoms with van der Waals surface area (Å²) in [5.41, 5.74) is 3.48. The summed E-state index contributed by atoms with van der Waals surface area (Å²) < 4.78 is 1.65. The fourth-order valence-electron chi connectivity index (χ4n) is 2.28. The Labute approximate surface area is 141 Å². The van der Waals surface area contributed by atoms with Crippen LogP contribution >= 0.6 is 11.3 Å². The van der Waals surface area contributed by atoms with Crippen molar-refractivity contribution in [3.63, 3.8) is 0 Å². The second kappa shape index (κ2) is 5.86. The number of rotatable bonds is 3. The Morgan fingerprint density at radius 2 is 1.83 bits per heavy atom. The molecule has 0 aliphatic rings. The van der Waals surface area contributed by atoms with Gasteiger partial charge in [0.25, 0.3) is 5.91 Å². The molecule has 0 aliphatic heterocycles. The molecule has 0 atom stereocenters. The van der Waals surface area contributed by atoms with Crippen molar-refractivity contribution in [3.8, 4) is 10.6 Å². The lowest BCUT2D eigenvalue weighted by molar-refractivity contribution is 0.102. The van der Waals surface area contributed by atoms with Crippen molar-refractivity contribution in [1.29, 1.82) is 0 Å². The topological polar surface area (TPSA) is 72.2 Å². The van der Waals surface area contributed by atoms with E-state index in [1.165, 1.54) is 11.3 Å². The number of hydrogen-bond acceptors (Lipinski definition) is 5. The minimum absolute atomic E-state index is 0.124. The lowest BCUT2D eigenvalue weighted by atomic mass is 10.1. The van der Waals surface area contributed by atoms with Gasteiger partial charge in [-0.15, -0.1) is 10.2 Å². The number of carbonyl (C=O) groups is 1. The molecule has 24 heavy (non-hydrogen) atoms. The number of nitrogens with zero attached hydrogens (tertiary/aromatic N) is 4. The third-order valence-corrected chi connectivity index (χ3v) is 4.55. The molecule has 4 rings (SSSR count). The van der Waals surface area contributed by atoms with E-state index < -0.39 is 0 Å². The Bertz CT molecular complexity index is 973. The van der Waals surface area contributed by atoms with Crippen LogP contribution in [0.5, 0.6) is 0 Å². The predicted octanol–water partition coefficient (Wildman–Crippen LogP) is 3.41. The van der Waals surface area contributed by atoms with Gasteiger partial charge in [-0.1, -0.05) is 29.0 Å². The normalized spacial score (nSPS) is 10.9. The Kier molecular flexibility index (Phi) is 3.55. The molecule has 7 heteroatoms. The second-order valence-electron chi connectivity index (χ2n) is 5.36. The van der Waals surface area contributed by atoms with E-state index in [1.54, 1.807) is 10.8 Å². The molecule has 2 heterocycles. The highest BCUT2D eigenvalue weighted by Crippen LogP contribution is 2.25. The molecule has 2 aromatic carbocycles. The van der Waals surface area contributed by atoms with Crippen LogP contribution in [0.4, 0.5) is 5.69 Å².